The van der Waals surface area contributed by atoms with Crippen molar-refractivity contribution < 1.29 is 9.18 Å². The van der Waals surface area contributed by atoms with E-state index in [9.17, 15) is 9.18 Å². The molecule has 20 heavy (non-hydrogen) atoms. The van der Waals surface area contributed by atoms with Gasteiger partial charge in [-0.25, -0.2) is 4.39 Å². The number of benzene rings is 1. The van der Waals surface area contributed by atoms with Gasteiger partial charge in [-0.05, 0) is 24.6 Å². The van der Waals surface area contributed by atoms with E-state index < -0.39 is 5.82 Å². The first-order valence-electron chi connectivity index (χ1n) is 6.89. The number of nitrogens with one attached hydrogen (secondary N) is 1. The van der Waals surface area contributed by atoms with Gasteiger partial charge >= 0.3 is 0 Å². The number of hydrogen-bond acceptors (Lipinski definition) is 2. The van der Waals surface area contributed by atoms with Crippen LogP contribution in [0.4, 0.5) is 4.39 Å². The summed E-state index contributed by atoms with van der Waals surface area (Å²) in [7, 11) is 0. The lowest BCUT2D eigenvalue weighted by molar-refractivity contribution is -0.138. The van der Waals surface area contributed by atoms with Crippen LogP contribution in [0.2, 0.25) is 5.02 Å². The summed E-state index contributed by atoms with van der Waals surface area (Å²) in [5, 5.41) is 3.50. The van der Waals surface area contributed by atoms with E-state index in [1.54, 1.807) is 12.1 Å². The Hall–Kier alpha value is -1.13. The Balaban J connectivity index is 2.18. The highest BCUT2D eigenvalue weighted by Gasteiger charge is 2.30. The van der Waals surface area contributed by atoms with Crippen molar-refractivity contribution in [2.45, 2.75) is 32.9 Å². The molecule has 2 rings (SSSR count). The Kier molecular flexibility index (Phi) is 4.66. The molecule has 1 aliphatic heterocycles. The van der Waals surface area contributed by atoms with Gasteiger partial charge in [0.15, 0.2) is 0 Å². The fourth-order valence-corrected chi connectivity index (χ4v) is 2.64. The van der Waals surface area contributed by atoms with Crippen LogP contribution in [0.15, 0.2) is 18.2 Å². The predicted octanol–water partition coefficient (Wildman–Crippen LogP) is 3.00. The molecule has 5 heteroatoms. The number of hydrogen-bond donors (Lipinski definition) is 1. The topological polar surface area (TPSA) is 32.3 Å². The standard InChI is InChI=1S/C15H20ClFN2O/c1-9(2)15(20)19-8-14(18-7-10(19)3)11-4-5-13(17)12(16)6-11/h4-6,9-10,14,18H,7-8H2,1-3H3. The van der Waals surface area contributed by atoms with Crippen LogP contribution in [0.3, 0.4) is 0 Å². The summed E-state index contributed by atoms with van der Waals surface area (Å²) in [5.74, 6) is -0.292. The number of amides is 1. The Morgan fingerprint density at radius 1 is 1.50 bits per heavy atom. The third-order valence-corrected chi connectivity index (χ3v) is 3.98. The lowest BCUT2D eigenvalue weighted by atomic mass is 10.0. The molecular formula is C15H20ClFN2O. The summed E-state index contributed by atoms with van der Waals surface area (Å²) in [4.78, 5) is 14.1. The average molecular weight is 299 g/mol. The molecule has 1 amide bonds. The van der Waals surface area contributed by atoms with Gasteiger partial charge in [0.25, 0.3) is 0 Å². The van der Waals surface area contributed by atoms with Crippen LogP contribution in [-0.4, -0.2) is 29.9 Å². The van der Waals surface area contributed by atoms with Crippen LogP contribution in [0.5, 0.6) is 0 Å². The molecule has 0 aromatic heterocycles. The quantitative estimate of drug-likeness (QED) is 0.910. The molecule has 0 saturated carbocycles. The normalized spacial score (nSPS) is 23.2. The predicted molar refractivity (Wildman–Crippen MR) is 78.2 cm³/mol. The van der Waals surface area contributed by atoms with E-state index in [2.05, 4.69) is 5.32 Å². The number of nitrogens with zero attached hydrogens (tertiary/aromatic N) is 1. The molecular weight excluding hydrogens is 279 g/mol. The van der Waals surface area contributed by atoms with Gasteiger partial charge in [-0.15, -0.1) is 0 Å². The fraction of sp³-hybridized carbons (Fsp3) is 0.533. The van der Waals surface area contributed by atoms with E-state index in [-0.39, 0.29) is 28.9 Å². The van der Waals surface area contributed by atoms with Gasteiger partial charge in [0.05, 0.1) is 11.1 Å². The van der Waals surface area contributed by atoms with Crippen LogP contribution in [-0.2, 0) is 4.79 Å². The molecule has 0 radical (unpaired) electrons. The zero-order valence-electron chi connectivity index (χ0n) is 12.0. The van der Waals surface area contributed by atoms with Gasteiger partial charge in [0.2, 0.25) is 5.91 Å². The molecule has 2 unspecified atom stereocenters. The Labute approximate surface area is 124 Å². The number of piperazine rings is 1. The number of carbonyl (C=O) groups excluding carboxylic acids is 1. The summed E-state index contributed by atoms with van der Waals surface area (Å²) >= 11 is 5.83. The maximum absolute atomic E-state index is 13.2. The van der Waals surface area contributed by atoms with E-state index in [4.69, 9.17) is 11.6 Å². The van der Waals surface area contributed by atoms with Crippen LogP contribution >= 0.6 is 11.6 Å². The summed E-state index contributed by atoms with van der Waals surface area (Å²) in [5.41, 5.74) is 0.907. The lowest BCUT2D eigenvalue weighted by Gasteiger charge is -2.40. The second kappa shape index (κ2) is 6.10. The molecule has 110 valence electrons. The van der Waals surface area contributed by atoms with Crippen molar-refractivity contribution >= 4 is 17.5 Å². The van der Waals surface area contributed by atoms with Crippen molar-refractivity contribution in [3.8, 4) is 0 Å². The molecule has 1 heterocycles. The average Bonchev–Trinajstić information content (AvgIpc) is 2.41. The minimum absolute atomic E-state index is 0.00741. The van der Waals surface area contributed by atoms with Crippen molar-refractivity contribution in [2.75, 3.05) is 13.1 Å². The minimum Gasteiger partial charge on any atom is -0.337 e. The number of rotatable bonds is 2. The van der Waals surface area contributed by atoms with Gasteiger partial charge in [-0.1, -0.05) is 31.5 Å². The fourth-order valence-electron chi connectivity index (χ4n) is 2.46. The molecule has 0 spiro atoms. The summed E-state index contributed by atoms with van der Waals surface area (Å²) in [6.45, 7) is 7.14. The second-order valence-electron chi connectivity index (χ2n) is 5.63. The van der Waals surface area contributed by atoms with Crippen molar-refractivity contribution in [1.82, 2.24) is 10.2 Å². The van der Waals surface area contributed by atoms with Gasteiger partial charge < -0.3 is 10.2 Å². The Morgan fingerprint density at radius 2 is 2.20 bits per heavy atom. The van der Waals surface area contributed by atoms with Crippen LogP contribution in [0.25, 0.3) is 0 Å². The molecule has 1 N–H and O–H groups in total. The van der Waals surface area contributed by atoms with Crippen LogP contribution in [0, 0.1) is 11.7 Å². The van der Waals surface area contributed by atoms with Crippen molar-refractivity contribution in [3.63, 3.8) is 0 Å². The SMILES string of the molecule is CC(C)C(=O)N1CC(c2ccc(F)c(Cl)c2)NCC1C. The molecule has 0 bridgehead atoms. The third kappa shape index (κ3) is 3.13. The highest BCUT2D eigenvalue weighted by atomic mass is 35.5. The molecule has 1 aromatic rings. The smallest absolute Gasteiger partial charge is 0.225 e. The Morgan fingerprint density at radius 3 is 2.80 bits per heavy atom. The number of halogens is 2. The maximum Gasteiger partial charge on any atom is 0.225 e. The van der Waals surface area contributed by atoms with Crippen molar-refractivity contribution in [2.24, 2.45) is 5.92 Å². The molecule has 1 saturated heterocycles. The summed E-state index contributed by atoms with van der Waals surface area (Å²) < 4.78 is 13.2. The molecule has 2 atom stereocenters. The largest absolute Gasteiger partial charge is 0.337 e. The molecule has 1 aromatic carbocycles. The minimum atomic E-state index is -0.422. The van der Waals surface area contributed by atoms with E-state index >= 15 is 0 Å². The second-order valence-corrected chi connectivity index (χ2v) is 6.04. The lowest BCUT2D eigenvalue weighted by Crippen LogP contribution is -2.54. The third-order valence-electron chi connectivity index (χ3n) is 3.69. The van der Waals surface area contributed by atoms with E-state index in [0.29, 0.717) is 6.54 Å². The van der Waals surface area contributed by atoms with Gasteiger partial charge in [-0.2, -0.15) is 0 Å². The molecule has 0 aliphatic carbocycles. The van der Waals surface area contributed by atoms with E-state index in [1.165, 1.54) is 6.07 Å². The first kappa shape index (κ1) is 15.3. The van der Waals surface area contributed by atoms with Gasteiger partial charge in [0, 0.05) is 25.0 Å². The van der Waals surface area contributed by atoms with E-state index in [1.807, 2.05) is 25.7 Å². The zero-order valence-corrected chi connectivity index (χ0v) is 12.7. The van der Waals surface area contributed by atoms with Crippen molar-refractivity contribution in [3.05, 3.63) is 34.6 Å². The zero-order chi connectivity index (χ0) is 14.9. The number of carbonyl (C=O) groups is 1. The van der Waals surface area contributed by atoms with Crippen molar-refractivity contribution in [1.29, 1.82) is 0 Å². The van der Waals surface area contributed by atoms with Gasteiger partial charge in [-0.3, -0.25) is 4.79 Å². The molecule has 3 nitrogen and oxygen atoms in total. The van der Waals surface area contributed by atoms with Crippen LogP contribution < -0.4 is 5.32 Å². The maximum atomic E-state index is 13.2. The summed E-state index contributed by atoms with van der Waals surface area (Å²) in [6.07, 6.45) is 0. The monoisotopic (exact) mass is 298 g/mol. The van der Waals surface area contributed by atoms with Gasteiger partial charge in [0.1, 0.15) is 5.82 Å². The highest BCUT2D eigenvalue weighted by Crippen LogP contribution is 2.25. The van der Waals surface area contributed by atoms with Crippen LogP contribution in [0.1, 0.15) is 32.4 Å². The first-order chi connectivity index (χ1) is 9.40. The van der Waals surface area contributed by atoms with E-state index in [0.717, 1.165) is 12.1 Å². The Bertz CT molecular complexity index is 507. The summed E-state index contributed by atoms with van der Waals surface area (Å²) in [6, 6.07) is 4.87. The highest BCUT2D eigenvalue weighted by molar-refractivity contribution is 6.30. The first-order valence-corrected chi connectivity index (χ1v) is 7.26. The molecule has 1 fully saturated rings. The molecule has 1 aliphatic rings.